The van der Waals surface area contributed by atoms with Crippen molar-refractivity contribution in [1.82, 2.24) is 15.5 Å². The van der Waals surface area contributed by atoms with E-state index in [1.165, 1.54) is 37.3 Å². The molecule has 0 spiro atoms. The van der Waals surface area contributed by atoms with Crippen molar-refractivity contribution in [2.24, 2.45) is 4.99 Å². The lowest BCUT2D eigenvalue weighted by Crippen LogP contribution is -2.42. The molecule has 9 heteroatoms. The Morgan fingerprint density at radius 2 is 2.00 bits per heavy atom. The van der Waals surface area contributed by atoms with E-state index in [2.05, 4.69) is 20.5 Å². The fourth-order valence-corrected chi connectivity index (χ4v) is 4.57. The van der Waals surface area contributed by atoms with Crippen LogP contribution in [-0.4, -0.2) is 52.2 Å². The van der Waals surface area contributed by atoms with Crippen LogP contribution in [0.3, 0.4) is 0 Å². The zero-order chi connectivity index (χ0) is 21.6. The van der Waals surface area contributed by atoms with E-state index < -0.39 is 15.7 Å². The third-order valence-electron chi connectivity index (χ3n) is 5.17. The Balaban J connectivity index is 1.64. The van der Waals surface area contributed by atoms with Gasteiger partial charge in [-0.1, -0.05) is 6.07 Å². The Hall–Kier alpha value is -2.39. The molecule has 2 aromatic rings. The van der Waals surface area contributed by atoms with Crippen molar-refractivity contribution in [3.05, 3.63) is 59.3 Å². The van der Waals surface area contributed by atoms with Gasteiger partial charge in [-0.3, -0.25) is 9.89 Å². The Bertz CT molecular complexity index is 955. The van der Waals surface area contributed by atoms with Crippen molar-refractivity contribution in [2.45, 2.75) is 31.2 Å². The monoisotopic (exact) mass is 436 g/mol. The van der Waals surface area contributed by atoms with E-state index >= 15 is 0 Å². The van der Waals surface area contributed by atoms with E-state index in [9.17, 15) is 12.8 Å². The SMILES string of the molecule is CN=C(NCc1cc(F)ccc1CS(C)(=O)=O)NCC(c1ccco1)N1CCCC1. The van der Waals surface area contributed by atoms with Crippen LogP contribution in [0.4, 0.5) is 4.39 Å². The molecule has 2 N–H and O–H groups in total. The van der Waals surface area contributed by atoms with Crippen molar-refractivity contribution < 1.29 is 17.2 Å². The molecule has 0 amide bonds. The maximum absolute atomic E-state index is 13.7. The minimum Gasteiger partial charge on any atom is -0.468 e. The molecule has 2 heterocycles. The first-order valence-corrected chi connectivity index (χ1v) is 12.1. The summed E-state index contributed by atoms with van der Waals surface area (Å²) in [7, 11) is -1.56. The number of furan rings is 1. The summed E-state index contributed by atoms with van der Waals surface area (Å²) in [4.78, 5) is 6.63. The molecule has 7 nitrogen and oxygen atoms in total. The second-order valence-corrected chi connectivity index (χ2v) is 9.70. The number of nitrogens with one attached hydrogen (secondary N) is 2. The molecule has 3 rings (SSSR count). The number of halogens is 1. The van der Waals surface area contributed by atoms with E-state index in [0.717, 1.165) is 18.8 Å². The van der Waals surface area contributed by atoms with Gasteiger partial charge in [-0.05, 0) is 61.3 Å². The third-order valence-corrected chi connectivity index (χ3v) is 6.01. The summed E-state index contributed by atoms with van der Waals surface area (Å²) < 4.78 is 42.7. The molecule has 0 bridgehead atoms. The second-order valence-electron chi connectivity index (χ2n) is 7.56. The maximum atomic E-state index is 13.7. The van der Waals surface area contributed by atoms with Crippen LogP contribution >= 0.6 is 0 Å². The molecular weight excluding hydrogens is 407 g/mol. The van der Waals surface area contributed by atoms with Crippen LogP contribution in [0.5, 0.6) is 0 Å². The number of rotatable bonds is 8. The minimum atomic E-state index is -3.22. The zero-order valence-electron chi connectivity index (χ0n) is 17.4. The van der Waals surface area contributed by atoms with Crippen molar-refractivity contribution >= 4 is 15.8 Å². The summed E-state index contributed by atoms with van der Waals surface area (Å²) in [5, 5.41) is 6.47. The van der Waals surface area contributed by atoms with Gasteiger partial charge in [0.2, 0.25) is 0 Å². The quantitative estimate of drug-likeness (QED) is 0.488. The lowest BCUT2D eigenvalue weighted by atomic mass is 10.1. The lowest BCUT2D eigenvalue weighted by molar-refractivity contribution is 0.215. The van der Waals surface area contributed by atoms with Crippen LogP contribution in [0.2, 0.25) is 0 Å². The van der Waals surface area contributed by atoms with Gasteiger partial charge >= 0.3 is 0 Å². The molecular formula is C21H29FN4O3S. The standard InChI is InChI=1S/C21H29FN4O3S/c1-23-21(24-13-17-12-18(22)8-7-16(17)15-30(2,27)28)25-14-19(20-6-5-11-29-20)26-9-3-4-10-26/h5-8,11-12,19H,3-4,9-10,13-15H2,1-2H3,(H2,23,24,25). The van der Waals surface area contributed by atoms with Crippen molar-refractivity contribution in [1.29, 1.82) is 0 Å². The maximum Gasteiger partial charge on any atom is 0.191 e. The van der Waals surface area contributed by atoms with Gasteiger partial charge in [0.1, 0.15) is 11.6 Å². The fourth-order valence-electron chi connectivity index (χ4n) is 3.72. The van der Waals surface area contributed by atoms with Crippen LogP contribution in [0.25, 0.3) is 0 Å². The number of nitrogens with zero attached hydrogens (tertiary/aromatic N) is 2. The summed E-state index contributed by atoms with van der Waals surface area (Å²) >= 11 is 0. The highest BCUT2D eigenvalue weighted by Gasteiger charge is 2.25. The van der Waals surface area contributed by atoms with E-state index in [1.54, 1.807) is 13.3 Å². The molecule has 1 atom stereocenters. The average Bonchev–Trinajstić information content (AvgIpc) is 3.40. The normalized spacial score (nSPS) is 16.6. The molecule has 0 saturated carbocycles. The molecule has 1 fully saturated rings. The molecule has 1 aliphatic heterocycles. The number of sulfone groups is 1. The first kappa shape index (κ1) is 22.3. The molecule has 0 aliphatic carbocycles. The number of hydrogen-bond acceptors (Lipinski definition) is 5. The highest BCUT2D eigenvalue weighted by molar-refractivity contribution is 7.89. The predicted octanol–water partition coefficient (Wildman–Crippen LogP) is 2.47. The predicted molar refractivity (Wildman–Crippen MR) is 115 cm³/mol. The van der Waals surface area contributed by atoms with Gasteiger partial charge in [0, 0.05) is 26.4 Å². The Morgan fingerprint density at radius 3 is 2.63 bits per heavy atom. The Morgan fingerprint density at radius 1 is 1.23 bits per heavy atom. The van der Waals surface area contributed by atoms with Crippen molar-refractivity contribution in [3.63, 3.8) is 0 Å². The van der Waals surface area contributed by atoms with E-state index in [0.29, 0.717) is 23.6 Å². The van der Waals surface area contributed by atoms with Crippen LogP contribution < -0.4 is 10.6 Å². The van der Waals surface area contributed by atoms with E-state index in [4.69, 9.17) is 4.42 Å². The summed E-state index contributed by atoms with van der Waals surface area (Å²) in [6.07, 6.45) is 5.19. The topological polar surface area (TPSA) is 86.9 Å². The lowest BCUT2D eigenvalue weighted by Gasteiger charge is -2.26. The number of likely N-dealkylation sites (tertiary alicyclic amines) is 1. The van der Waals surface area contributed by atoms with Gasteiger partial charge in [-0.2, -0.15) is 0 Å². The van der Waals surface area contributed by atoms with Gasteiger partial charge in [0.05, 0.1) is 18.1 Å². The number of benzene rings is 1. The van der Waals surface area contributed by atoms with Crippen LogP contribution in [0, 0.1) is 5.82 Å². The summed E-state index contributed by atoms with van der Waals surface area (Å²) in [5.74, 6) is 0.922. The molecule has 1 aromatic carbocycles. The molecule has 0 radical (unpaired) electrons. The van der Waals surface area contributed by atoms with Crippen LogP contribution in [-0.2, 0) is 22.1 Å². The van der Waals surface area contributed by atoms with Gasteiger partial charge < -0.3 is 15.1 Å². The van der Waals surface area contributed by atoms with Gasteiger partial charge in [-0.25, -0.2) is 12.8 Å². The molecule has 164 valence electrons. The highest BCUT2D eigenvalue weighted by atomic mass is 32.2. The summed E-state index contributed by atoms with van der Waals surface area (Å²) in [6, 6.07) is 8.11. The fraction of sp³-hybridized carbons (Fsp3) is 0.476. The number of guanidine groups is 1. The number of aliphatic imine (C=N–C) groups is 1. The number of hydrogen-bond donors (Lipinski definition) is 2. The summed E-state index contributed by atoms with van der Waals surface area (Å²) in [5.41, 5.74) is 1.16. The second kappa shape index (κ2) is 10.1. The summed E-state index contributed by atoms with van der Waals surface area (Å²) in [6.45, 7) is 2.92. The molecule has 1 aliphatic rings. The van der Waals surface area contributed by atoms with Crippen molar-refractivity contribution in [3.8, 4) is 0 Å². The van der Waals surface area contributed by atoms with E-state index in [-0.39, 0.29) is 18.3 Å². The largest absolute Gasteiger partial charge is 0.468 e. The van der Waals surface area contributed by atoms with Crippen LogP contribution in [0.1, 0.15) is 35.8 Å². The first-order valence-electron chi connectivity index (χ1n) is 10.0. The highest BCUT2D eigenvalue weighted by Crippen LogP contribution is 2.24. The third kappa shape index (κ3) is 6.30. The van der Waals surface area contributed by atoms with Gasteiger partial charge in [-0.15, -0.1) is 0 Å². The van der Waals surface area contributed by atoms with E-state index in [1.807, 2.05) is 12.1 Å². The zero-order valence-corrected chi connectivity index (χ0v) is 18.2. The minimum absolute atomic E-state index is 0.0935. The van der Waals surface area contributed by atoms with Gasteiger partial charge in [0.25, 0.3) is 0 Å². The van der Waals surface area contributed by atoms with Crippen LogP contribution in [0.15, 0.2) is 46.0 Å². The van der Waals surface area contributed by atoms with Crippen molar-refractivity contribution in [2.75, 3.05) is 32.9 Å². The molecule has 1 saturated heterocycles. The average molecular weight is 437 g/mol. The smallest absolute Gasteiger partial charge is 0.191 e. The Labute approximate surface area is 177 Å². The molecule has 30 heavy (non-hydrogen) atoms. The Kier molecular flexibility index (Phi) is 7.49. The van der Waals surface area contributed by atoms with Gasteiger partial charge in [0.15, 0.2) is 15.8 Å². The first-order chi connectivity index (χ1) is 14.4. The molecule has 1 aromatic heterocycles. The molecule has 1 unspecified atom stereocenters.